The molecule has 2 fully saturated rings. The molecular formula is C13H21N3. The SMILES string of the molecule is c1nc(CC2CCNC2)[nH]c1C1CCCC1. The summed E-state index contributed by atoms with van der Waals surface area (Å²) in [5, 5.41) is 3.41. The second kappa shape index (κ2) is 4.58. The third-order valence-corrected chi connectivity index (χ3v) is 4.09. The van der Waals surface area contributed by atoms with Crippen LogP contribution in [0.25, 0.3) is 0 Å². The van der Waals surface area contributed by atoms with E-state index in [1.807, 2.05) is 0 Å². The summed E-state index contributed by atoms with van der Waals surface area (Å²) in [6, 6.07) is 0. The van der Waals surface area contributed by atoms with Crippen LogP contribution in [0.15, 0.2) is 6.20 Å². The maximum absolute atomic E-state index is 4.54. The Bertz CT molecular complexity index is 333. The Morgan fingerprint density at radius 1 is 1.25 bits per heavy atom. The average Bonchev–Trinajstić information content (AvgIpc) is 2.99. The van der Waals surface area contributed by atoms with Crippen LogP contribution >= 0.6 is 0 Å². The molecule has 2 heterocycles. The fourth-order valence-electron chi connectivity index (χ4n) is 3.09. The van der Waals surface area contributed by atoms with Crippen molar-refractivity contribution in [1.29, 1.82) is 0 Å². The summed E-state index contributed by atoms with van der Waals surface area (Å²) in [5.74, 6) is 2.76. The van der Waals surface area contributed by atoms with Crippen molar-refractivity contribution in [2.45, 2.75) is 44.4 Å². The van der Waals surface area contributed by atoms with Gasteiger partial charge in [-0.3, -0.25) is 0 Å². The normalized spacial score (nSPS) is 26.6. The molecule has 0 aromatic carbocycles. The van der Waals surface area contributed by atoms with Crippen molar-refractivity contribution in [3.8, 4) is 0 Å². The molecule has 2 aliphatic rings. The van der Waals surface area contributed by atoms with Crippen molar-refractivity contribution in [3.63, 3.8) is 0 Å². The van der Waals surface area contributed by atoms with Gasteiger partial charge in [0.15, 0.2) is 0 Å². The van der Waals surface area contributed by atoms with E-state index in [0.29, 0.717) is 0 Å². The standard InChI is InChI=1S/C13H21N3/c1-2-4-11(3-1)12-9-15-13(16-12)7-10-5-6-14-8-10/h9-11,14H,1-8H2,(H,15,16). The van der Waals surface area contributed by atoms with E-state index in [-0.39, 0.29) is 0 Å². The molecule has 3 rings (SSSR count). The third-order valence-electron chi connectivity index (χ3n) is 4.09. The molecule has 0 radical (unpaired) electrons. The van der Waals surface area contributed by atoms with Gasteiger partial charge in [-0.15, -0.1) is 0 Å². The number of hydrogen-bond acceptors (Lipinski definition) is 2. The van der Waals surface area contributed by atoms with Crippen LogP contribution in [0.3, 0.4) is 0 Å². The summed E-state index contributed by atoms with van der Waals surface area (Å²) in [7, 11) is 0. The summed E-state index contributed by atoms with van der Waals surface area (Å²) in [6.07, 6.45) is 10.0. The molecular weight excluding hydrogens is 198 g/mol. The zero-order chi connectivity index (χ0) is 10.8. The molecule has 3 nitrogen and oxygen atoms in total. The highest BCUT2D eigenvalue weighted by molar-refractivity contribution is 5.09. The number of rotatable bonds is 3. The Morgan fingerprint density at radius 2 is 2.12 bits per heavy atom. The second-order valence-corrected chi connectivity index (χ2v) is 5.33. The van der Waals surface area contributed by atoms with Gasteiger partial charge in [0.05, 0.1) is 0 Å². The van der Waals surface area contributed by atoms with Crippen LogP contribution in [0.4, 0.5) is 0 Å². The van der Waals surface area contributed by atoms with Crippen molar-refractivity contribution in [2.75, 3.05) is 13.1 Å². The first-order chi connectivity index (χ1) is 7.92. The zero-order valence-electron chi connectivity index (χ0n) is 9.84. The third kappa shape index (κ3) is 2.14. The summed E-state index contributed by atoms with van der Waals surface area (Å²) in [4.78, 5) is 8.08. The van der Waals surface area contributed by atoms with Gasteiger partial charge in [-0.1, -0.05) is 12.8 Å². The number of aromatic amines is 1. The van der Waals surface area contributed by atoms with E-state index >= 15 is 0 Å². The van der Waals surface area contributed by atoms with Gasteiger partial charge in [-0.05, 0) is 38.3 Å². The Hall–Kier alpha value is -0.830. The molecule has 0 amide bonds. The number of nitrogens with zero attached hydrogens (tertiary/aromatic N) is 1. The van der Waals surface area contributed by atoms with Crippen molar-refractivity contribution in [3.05, 3.63) is 17.7 Å². The number of nitrogens with one attached hydrogen (secondary N) is 2. The number of hydrogen-bond donors (Lipinski definition) is 2. The van der Waals surface area contributed by atoms with E-state index in [0.717, 1.165) is 18.3 Å². The summed E-state index contributed by atoms with van der Waals surface area (Å²) >= 11 is 0. The first-order valence-electron chi connectivity index (χ1n) is 6.66. The maximum Gasteiger partial charge on any atom is 0.106 e. The molecule has 1 unspecified atom stereocenters. The summed E-state index contributed by atoms with van der Waals surface area (Å²) in [6.45, 7) is 2.35. The summed E-state index contributed by atoms with van der Waals surface area (Å²) < 4.78 is 0. The molecule has 1 saturated heterocycles. The molecule has 1 aromatic heterocycles. The van der Waals surface area contributed by atoms with E-state index in [4.69, 9.17) is 0 Å². The van der Waals surface area contributed by atoms with Crippen LogP contribution in [-0.2, 0) is 6.42 Å². The van der Waals surface area contributed by atoms with Crippen molar-refractivity contribution in [1.82, 2.24) is 15.3 Å². The highest BCUT2D eigenvalue weighted by atomic mass is 14.9. The molecule has 0 bridgehead atoms. The molecule has 1 aliphatic heterocycles. The van der Waals surface area contributed by atoms with Gasteiger partial charge in [-0.2, -0.15) is 0 Å². The number of H-pyrrole nitrogens is 1. The highest BCUT2D eigenvalue weighted by Crippen LogP contribution is 2.33. The Morgan fingerprint density at radius 3 is 2.88 bits per heavy atom. The molecule has 0 spiro atoms. The van der Waals surface area contributed by atoms with Crippen LogP contribution in [0.5, 0.6) is 0 Å². The van der Waals surface area contributed by atoms with E-state index in [1.165, 1.54) is 56.7 Å². The quantitative estimate of drug-likeness (QED) is 0.818. The fourth-order valence-corrected chi connectivity index (χ4v) is 3.09. The minimum Gasteiger partial charge on any atom is -0.346 e. The molecule has 1 aliphatic carbocycles. The predicted octanol–water partition coefficient (Wildman–Crippen LogP) is 2.22. The van der Waals surface area contributed by atoms with Gasteiger partial charge < -0.3 is 10.3 Å². The molecule has 16 heavy (non-hydrogen) atoms. The molecule has 3 heteroatoms. The van der Waals surface area contributed by atoms with Crippen LogP contribution in [0, 0.1) is 5.92 Å². The summed E-state index contributed by atoms with van der Waals surface area (Å²) in [5.41, 5.74) is 1.39. The average molecular weight is 219 g/mol. The van der Waals surface area contributed by atoms with Crippen LogP contribution in [-0.4, -0.2) is 23.1 Å². The van der Waals surface area contributed by atoms with Gasteiger partial charge in [0.1, 0.15) is 5.82 Å². The predicted molar refractivity (Wildman–Crippen MR) is 64.5 cm³/mol. The Balaban J connectivity index is 1.62. The lowest BCUT2D eigenvalue weighted by atomic mass is 10.0. The highest BCUT2D eigenvalue weighted by Gasteiger charge is 2.20. The first-order valence-corrected chi connectivity index (χ1v) is 6.66. The monoisotopic (exact) mass is 219 g/mol. The largest absolute Gasteiger partial charge is 0.346 e. The smallest absolute Gasteiger partial charge is 0.106 e. The van der Waals surface area contributed by atoms with Gasteiger partial charge in [0.25, 0.3) is 0 Å². The van der Waals surface area contributed by atoms with Crippen LogP contribution in [0.2, 0.25) is 0 Å². The van der Waals surface area contributed by atoms with Crippen molar-refractivity contribution >= 4 is 0 Å². The van der Waals surface area contributed by atoms with Gasteiger partial charge in [0.2, 0.25) is 0 Å². The van der Waals surface area contributed by atoms with E-state index in [2.05, 4.69) is 21.5 Å². The molecule has 2 N–H and O–H groups in total. The van der Waals surface area contributed by atoms with E-state index in [9.17, 15) is 0 Å². The lowest BCUT2D eigenvalue weighted by Gasteiger charge is -2.06. The second-order valence-electron chi connectivity index (χ2n) is 5.33. The minimum atomic E-state index is 0.767. The van der Waals surface area contributed by atoms with Crippen molar-refractivity contribution < 1.29 is 0 Å². The van der Waals surface area contributed by atoms with Crippen LogP contribution in [0.1, 0.15) is 49.5 Å². The molecule has 1 atom stereocenters. The van der Waals surface area contributed by atoms with Crippen LogP contribution < -0.4 is 5.32 Å². The maximum atomic E-state index is 4.54. The van der Waals surface area contributed by atoms with Gasteiger partial charge in [0, 0.05) is 24.2 Å². The molecule has 1 aromatic rings. The van der Waals surface area contributed by atoms with Crippen molar-refractivity contribution in [2.24, 2.45) is 5.92 Å². The van der Waals surface area contributed by atoms with E-state index < -0.39 is 0 Å². The van der Waals surface area contributed by atoms with Gasteiger partial charge in [-0.25, -0.2) is 4.98 Å². The topological polar surface area (TPSA) is 40.7 Å². The lowest BCUT2D eigenvalue weighted by Crippen LogP contribution is -2.11. The number of aromatic nitrogens is 2. The fraction of sp³-hybridized carbons (Fsp3) is 0.769. The molecule has 88 valence electrons. The minimum absolute atomic E-state index is 0.767. The first kappa shape index (κ1) is 10.3. The molecule has 1 saturated carbocycles. The zero-order valence-corrected chi connectivity index (χ0v) is 9.84. The Labute approximate surface area is 97.0 Å². The Kier molecular flexibility index (Phi) is 2.96. The lowest BCUT2D eigenvalue weighted by molar-refractivity contribution is 0.563. The van der Waals surface area contributed by atoms with E-state index in [1.54, 1.807) is 0 Å². The number of imidazole rings is 1. The van der Waals surface area contributed by atoms with Gasteiger partial charge >= 0.3 is 0 Å².